The maximum absolute atomic E-state index is 5.34. The van der Waals surface area contributed by atoms with Crippen LogP contribution in [0.4, 0.5) is 0 Å². The molecule has 0 spiro atoms. The van der Waals surface area contributed by atoms with Gasteiger partial charge in [0.2, 0.25) is 0 Å². The van der Waals surface area contributed by atoms with Crippen molar-refractivity contribution in [1.29, 1.82) is 0 Å². The van der Waals surface area contributed by atoms with E-state index in [4.69, 9.17) is 5.73 Å². The summed E-state index contributed by atoms with van der Waals surface area (Å²) < 4.78 is 0. The molecule has 1 unspecified atom stereocenters. The van der Waals surface area contributed by atoms with E-state index in [1.165, 1.54) is 0 Å². The molecular weight excluding hydrogens is 138 g/mol. The number of nitrogens with zero attached hydrogens (tertiary/aromatic N) is 1. The van der Waals surface area contributed by atoms with Gasteiger partial charge in [-0.25, -0.2) is 0 Å². The normalized spacial score (nSPS) is 25.4. The molecule has 1 aliphatic heterocycles. The number of hydrogen-bond donors (Lipinski definition) is 2. The Hall–Kier alpha value is -0.440. The zero-order valence-electron chi connectivity index (χ0n) is 5.42. The Labute approximate surface area is 61.1 Å². The fraction of sp³-hybridized carbons (Fsp3) is 0.800. The molecule has 4 heteroatoms. The van der Waals surface area contributed by atoms with Crippen molar-refractivity contribution in [1.82, 2.24) is 5.32 Å². The number of halogens is 1. The molecule has 1 atom stereocenters. The van der Waals surface area contributed by atoms with Gasteiger partial charge in [0.25, 0.3) is 0 Å². The van der Waals surface area contributed by atoms with Gasteiger partial charge in [0.15, 0.2) is 5.96 Å². The van der Waals surface area contributed by atoms with E-state index in [9.17, 15) is 0 Å². The number of guanidine groups is 1. The van der Waals surface area contributed by atoms with Gasteiger partial charge in [0.1, 0.15) is 0 Å². The molecule has 0 radical (unpaired) electrons. The van der Waals surface area contributed by atoms with Crippen LogP contribution in [-0.2, 0) is 0 Å². The Bertz CT molecular complexity index is 113. The van der Waals surface area contributed by atoms with Crippen molar-refractivity contribution in [2.24, 2.45) is 16.6 Å². The van der Waals surface area contributed by atoms with E-state index in [1.54, 1.807) is 0 Å². The highest BCUT2D eigenvalue weighted by atomic mass is 35.5. The van der Waals surface area contributed by atoms with E-state index in [0.29, 0.717) is 11.9 Å². The summed E-state index contributed by atoms with van der Waals surface area (Å²) in [5.74, 6) is 1.23. The Morgan fingerprint density at radius 2 is 2.44 bits per heavy atom. The molecule has 0 saturated carbocycles. The Kier molecular flexibility index (Phi) is 3.39. The van der Waals surface area contributed by atoms with Crippen molar-refractivity contribution >= 4 is 18.4 Å². The summed E-state index contributed by atoms with van der Waals surface area (Å²) in [6.45, 7) is 3.98. The third-order valence-corrected chi connectivity index (χ3v) is 1.20. The van der Waals surface area contributed by atoms with Crippen LogP contribution in [-0.4, -0.2) is 19.0 Å². The highest BCUT2D eigenvalue weighted by Crippen LogP contribution is 1.95. The maximum Gasteiger partial charge on any atom is 0.188 e. The minimum atomic E-state index is 0. The van der Waals surface area contributed by atoms with Crippen LogP contribution in [0.3, 0.4) is 0 Å². The first-order chi connectivity index (χ1) is 3.79. The second-order valence-corrected chi connectivity index (χ2v) is 2.21. The Morgan fingerprint density at radius 3 is 2.78 bits per heavy atom. The number of hydrogen-bond acceptors (Lipinski definition) is 3. The summed E-state index contributed by atoms with van der Waals surface area (Å²) in [6, 6.07) is 0. The molecule has 1 aliphatic rings. The third-order valence-electron chi connectivity index (χ3n) is 1.20. The predicted molar refractivity (Wildman–Crippen MR) is 40.9 cm³/mol. The van der Waals surface area contributed by atoms with Crippen LogP contribution in [0.5, 0.6) is 0 Å². The van der Waals surface area contributed by atoms with Crippen molar-refractivity contribution in [2.75, 3.05) is 13.1 Å². The molecular formula is C5H12ClN3. The molecule has 3 N–H and O–H groups in total. The van der Waals surface area contributed by atoms with Crippen molar-refractivity contribution < 1.29 is 0 Å². The molecule has 54 valence electrons. The van der Waals surface area contributed by atoms with Gasteiger partial charge in [0.05, 0.1) is 0 Å². The summed E-state index contributed by atoms with van der Waals surface area (Å²) in [4.78, 5) is 3.99. The lowest BCUT2D eigenvalue weighted by molar-refractivity contribution is 0.551. The van der Waals surface area contributed by atoms with Crippen molar-refractivity contribution in [3.05, 3.63) is 0 Å². The average Bonchev–Trinajstić information content (AvgIpc) is 1.77. The van der Waals surface area contributed by atoms with Crippen molar-refractivity contribution in [3.8, 4) is 0 Å². The summed E-state index contributed by atoms with van der Waals surface area (Å²) in [5, 5.41) is 2.96. The van der Waals surface area contributed by atoms with Crippen LogP contribution in [0.2, 0.25) is 0 Å². The van der Waals surface area contributed by atoms with Crippen LogP contribution in [0.25, 0.3) is 0 Å². The van der Waals surface area contributed by atoms with Gasteiger partial charge in [0, 0.05) is 13.1 Å². The fourth-order valence-electron chi connectivity index (χ4n) is 0.653. The van der Waals surface area contributed by atoms with Crippen molar-refractivity contribution in [3.63, 3.8) is 0 Å². The van der Waals surface area contributed by atoms with Gasteiger partial charge < -0.3 is 11.1 Å². The molecule has 0 aromatic carbocycles. The molecule has 0 aliphatic carbocycles. The minimum absolute atomic E-state index is 0. The van der Waals surface area contributed by atoms with Gasteiger partial charge in [-0.05, 0) is 5.92 Å². The smallest absolute Gasteiger partial charge is 0.188 e. The first-order valence-electron chi connectivity index (χ1n) is 2.83. The van der Waals surface area contributed by atoms with E-state index in [-0.39, 0.29) is 12.4 Å². The maximum atomic E-state index is 5.34. The van der Waals surface area contributed by atoms with Crippen molar-refractivity contribution in [2.45, 2.75) is 6.92 Å². The molecule has 1 heterocycles. The lowest BCUT2D eigenvalue weighted by atomic mass is 10.2. The molecule has 3 nitrogen and oxygen atoms in total. The van der Waals surface area contributed by atoms with Crippen LogP contribution in [0, 0.1) is 5.92 Å². The van der Waals surface area contributed by atoms with E-state index in [1.807, 2.05) is 0 Å². The van der Waals surface area contributed by atoms with Gasteiger partial charge >= 0.3 is 0 Å². The molecule has 0 aromatic heterocycles. The molecule has 0 aromatic rings. The van der Waals surface area contributed by atoms with E-state index >= 15 is 0 Å². The lowest BCUT2D eigenvalue weighted by Crippen LogP contribution is -2.39. The fourth-order valence-corrected chi connectivity index (χ4v) is 0.653. The van der Waals surface area contributed by atoms with E-state index in [2.05, 4.69) is 17.2 Å². The first-order valence-corrected chi connectivity index (χ1v) is 2.83. The number of nitrogens with two attached hydrogens (primary N) is 1. The second kappa shape index (κ2) is 3.56. The first kappa shape index (κ1) is 8.56. The van der Waals surface area contributed by atoms with Crippen LogP contribution in [0.1, 0.15) is 6.92 Å². The average molecular weight is 150 g/mol. The number of aliphatic imine (C=N–C) groups is 1. The third kappa shape index (κ3) is 2.56. The summed E-state index contributed by atoms with van der Waals surface area (Å²) >= 11 is 0. The largest absolute Gasteiger partial charge is 0.370 e. The molecule has 0 bridgehead atoms. The monoisotopic (exact) mass is 149 g/mol. The number of rotatable bonds is 0. The Balaban J connectivity index is 0.000000640. The molecule has 1 rings (SSSR count). The van der Waals surface area contributed by atoms with Gasteiger partial charge in [-0.2, -0.15) is 0 Å². The Morgan fingerprint density at radius 1 is 1.78 bits per heavy atom. The molecule has 0 amide bonds. The second-order valence-electron chi connectivity index (χ2n) is 2.21. The quantitative estimate of drug-likeness (QED) is 0.508. The standard InChI is InChI=1S/C5H11N3.ClH/c1-4-2-7-5(6)8-3-4;/h4H,2-3H2,1H3,(H3,6,7,8);1H. The number of nitrogens with one attached hydrogen (secondary N) is 1. The minimum Gasteiger partial charge on any atom is -0.370 e. The lowest BCUT2D eigenvalue weighted by Gasteiger charge is -2.15. The summed E-state index contributed by atoms with van der Waals surface area (Å²) in [6.07, 6.45) is 0. The zero-order valence-corrected chi connectivity index (χ0v) is 6.24. The highest BCUT2D eigenvalue weighted by Gasteiger charge is 2.05. The van der Waals surface area contributed by atoms with Crippen LogP contribution in [0.15, 0.2) is 4.99 Å². The van der Waals surface area contributed by atoms with E-state index < -0.39 is 0 Å². The molecule has 0 saturated heterocycles. The van der Waals surface area contributed by atoms with Crippen LogP contribution < -0.4 is 11.1 Å². The predicted octanol–water partition coefficient (Wildman–Crippen LogP) is -0.0378. The van der Waals surface area contributed by atoms with E-state index in [0.717, 1.165) is 13.1 Å². The highest BCUT2D eigenvalue weighted by molar-refractivity contribution is 5.85. The van der Waals surface area contributed by atoms with Gasteiger partial charge in [-0.3, -0.25) is 4.99 Å². The molecule has 9 heavy (non-hydrogen) atoms. The molecule has 0 fully saturated rings. The summed E-state index contributed by atoms with van der Waals surface area (Å²) in [5.41, 5.74) is 5.34. The van der Waals surface area contributed by atoms with Gasteiger partial charge in [-0.1, -0.05) is 6.92 Å². The summed E-state index contributed by atoms with van der Waals surface area (Å²) in [7, 11) is 0. The SMILES string of the molecule is CC1CN=C(N)NC1.Cl. The zero-order chi connectivity index (χ0) is 5.98. The topological polar surface area (TPSA) is 50.4 Å². The van der Waals surface area contributed by atoms with Gasteiger partial charge in [-0.15, -0.1) is 12.4 Å². The van der Waals surface area contributed by atoms with Crippen LogP contribution >= 0.6 is 12.4 Å².